The standard InChI is InChI=1S/C22H17NO3/c1-2-23-17-11-7-10-16-20(17)21(24)26-22(16)14-8-3-5-12-18(14)25-19-13-6-4-9-15(19)22/h3-13,23H,2H2,1H3. The molecule has 2 aliphatic rings. The molecule has 128 valence electrons. The highest BCUT2D eigenvalue weighted by Gasteiger charge is 2.54. The van der Waals surface area contributed by atoms with Gasteiger partial charge >= 0.3 is 5.97 Å². The SMILES string of the molecule is CCNc1cccc2c1C(=O)OC21c2ccccc2Oc2ccccc21. The van der Waals surface area contributed by atoms with Crippen molar-refractivity contribution in [3.8, 4) is 11.5 Å². The van der Waals surface area contributed by atoms with E-state index in [0.717, 1.165) is 28.9 Å². The number of para-hydroxylation sites is 2. The summed E-state index contributed by atoms with van der Waals surface area (Å²) in [6, 6.07) is 21.3. The lowest BCUT2D eigenvalue weighted by atomic mass is 9.77. The Hall–Kier alpha value is -3.27. The van der Waals surface area contributed by atoms with Crippen LogP contribution in [0, 0.1) is 0 Å². The molecule has 26 heavy (non-hydrogen) atoms. The van der Waals surface area contributed by atoms with Gasteiger partial charge in [0.2, 0.25) is 0 Å². The third kappa shape index (κ3) is 1.81. The Morgan fingerprint density at radius 2 is 1.46 bits per heavy atom. The molecular weight excluding hydrogens is 326 g/mol. The molecule has 4 nitrogen and oxygen atoms in total. The van der Waals surface area contributed by atoms with Gasteiger partial charge in [-0.1, -0.05) is 48.5 Å². The van der Waals surface area contributed by atoms with Gasteiger partial charge in [0.05, 0.1) is 5.56 Å². The molecule has 0 saturated carbocycles. The molecule has 0 atom stereocenters. The number of carbonyl (C=O) groups is 1. The summed E-state index contributed by atoms with van der Waals surface area (Å²) >= 11 is 0. The zero-order valence-electron chi connectivity index (χ0n) is 14.3. The molecule has 2 heterocycles. The summed E-state index contributed by atoms with van der Waals surface area (Å²) in [7, 11) is 0. The van der Waals surface area contributed by atoms with E-state index in [2.05, 4.69) is 5.32 Å². The zero-order valence-corrected chi connectivity index (χ0v) is 14.3. The average molecular weight is 343 g/mol. The molecule has 0 saturated heterocycles. The predicted molar refractivity (Wildman–Crippen MR) is 98.9 cm³/mol. The van der Waals surface area contributed by atoms with Crippen LogP contribution in [-0.4, -0.2) is 12.5 Å². The largest absolute Gasteiger partial charge is 0.456 e. The van der Waals surface area contributed by atoms with Gasteiger partial charge in [-0.25, -0.2) is 4.79 Å². The fourth-order valence-electron chi connectivity index (χ4n) is 4.01. The molecule has 0 unspecified atom stereocenters. The molecule has 3 aromatic carbocycles. The second kappa shape index (κ2) is 5.36. The van der Waals surface area contributed by atoms with Crippen molar-refractivity contribution in [2.75, 3.05) is 11.9 Å². The number of hydrogen-bond donors (Lipinski definition) is 1. The van der Waals surface area contributed by atoms with Gasteiger partial charge in [-0.15, -0.1) is 0 Å². The van der Waals surface area contributed by atoms with E-state index < -0.39 is 5.60 Å². The predicted octanol–water partition coefficient (Wildman–Crippen LogP) is 4.69. The monoisotopic (exact) mass is 343 g/mol. The second-order valence-corrected chi connectivity index (χ2v) is 6.42. The Kier molecular flexibility index (Phi) is 3.10. The topological polar surface area (TPSA) is 47.6 Å². The fraction of sp³-hybridized carbons (Fsp3) is 0.136. The summed E-state index contributed by atoms with van der Waals surface area (Å²) in [5, 5.41) is 3.28. The van der Waals surface area contributed by atoms with Crippen molar-refractivity contribution in [3.05, 3.63) is 89.0 Å². The van der Waals surface area contributed by atoms with Gasteiger partial charge in [0.25, 0.3) is 0 Å². The van der Waals surface area contributed by atoms with Gasteiger partial charge in [0, 0.05) is 28.9 Å². The Labute approximate surface area is 151 Å². The van der Waals surface area contributed by atoms with Crippen LogP contribution < -0.4 is 10.1 Å². The van der Waals surface area contributed by atoms with E-state index >= 15 is 0 Å². The number of fused-ring (bicyclic) bond motifs is 6. The highest BCUT2D eigenvalue weighted by molar-refractivity contribution is 6.02. The maximum atomic E-state index is 13.0. The third-order valence-electron chi connectivity index (χ3n) is 5.01. The molecule has 1 N–H and O–H groups in total. The molecule has 0 bridgehead atoms. The highest BCUT2D eigenvalue weighted by Crippen LogP contribution is 2.56. The van der Waals surface area contributed by atoms with Crippen LogP contribution in [0.1, 0.15) is 34.0 Å². The smallest absolute Gasteiger partial charge is 0.342 e. The summed E-state index contributed by atoms with van der Waals surface area (Å²) in [6.07, 6.45) is 0. The van der Waals surface area contributed by atoms with Gasteiger partial charge in [-0.3, -0.25) is 0 Å². The van der Waals surface area contributed by atoms with Gasteiger partial charge in [-0.2, -0.15) is 0 Å². The number of nitrogens with one attached hydrogen (secondary N) is 1. The Morgan fingerprint density at radius 1 is 0.846 bits per heavy atom. The number of benzene rings is 3. The maximum absolute atomic E-state index is 13.0. The maximum Gasteiger partial charge on any atom is 0.342 e. The Balaban J connectivity index is 1.88. The van der Waals surface area contributed by atoms with Crippen LogP contribution in [0.4, 0.5) is 5.69 Å². The number of anilines is 1. The molecule has 0 fully saturated rings. The number of ether oxygens (including phenoxy) is 2. The van der Waals surface area contributed by atoms with Crippen molar-refractivity contribution in [1.82, 2.24) is 0 Å². The van der Waals surface area contributed by atoms with Gasteiger partial charge in [0.15, 0.2) is 5.60 Å². The van der Waals surface area contributed by atoms with Gasteiger partial charge < -0.3 is 14.8 Å². The van der Waals surface area contributed by atoms with Crippen LogP contribution >= 0.6 is 0 Å². The van der Waals surface area contributed by atoms with Crippen LogP contribution in [0.3, 0.4) is 0 Å². The molecule has 2 aliphatic heterocycles. The minimum Gasteiger partial charge on any atom is -0.456 e. The molecule has 4 heteroatoms. The van der Waals surface area contributed by atoms with Crippen molar-refractivity contribution >= 4 is 11.7 Å². The molecular formula is C22H17NO3. The minimum atomic E-state index is -0.983. The third-order valence-corrected chi connectivity index (χ3v) is 5.01. The summed E-state index contributed by atoms with van der Waals surface area (Å²) in [6.45, 7) is 2.74. The van der Waals surface area contributed by atoms with Crippen molar-refractivity contribution in [2.45, 2.75) is 12.5 Å². The first-order chi connectivity index (χ1) is 12.8. The van der Waals surface area contributed by atoms with E-state index in [0.29, 0.717) is 17.1 Å². The quantitative estimate of drug-likeness (QED) is 0.686. The van der Waals surface area contributed by atoms with E-state index in [1.165, 1.54) is 0 Å². The van der Waals surface area contributed by atoms with Crippen molar-refractivity contribution in [1.29, 1.82) is 0 Å². The average Bonchev–Trinajstić information content (AvgIpc) is 2.97. The summed E-state index contributed by atoms with van der Waals surface area (Å²) < 4.78 is 12.2. The van der Waals surface area contributed by atoms with E-state index in [-0.39, 0.29) is 5.97 Å². The van der Waals surface area contributed by atoms with E-state index in [1.807, 2.05) is 73.7 Å². The van der Waals surface area contributed by atoms with Crippen LogP contribution in [0.2, 0.25) is 0 Å². The number of hydrogen-bond acceptors (Lipinski definition) is 4. The normalized spacial score (nSPS) is 15.5. The lowest BCUT2D eigenvalue weighted by molar-refractivity contribution is 0.0225. The van der Waals surface area contributed by atoms with E-state index in [9.17, 15) is 4.79 Å². The molecule has 0 aromatic heterocycles. The van der Waals surface area contributed by atoms with Crippen molar-refractivity contribution in [3.63, 3.8) is 0 Å². The summed E-state index contributed by atoms with van der Waals surface area (Å²) in [5.74, 6) is 1.10. The lowest BCUT2D eigenvalue weighted by Crippen LogP contribution is -2.32. The fourth-order valence-corrected chi connectivity index (χ4v) is 4.01. The van der Waals surface area contributed by atoms with Gasteiger partial charge in [0.1, 0.15) is 11.5 Å². The molecule has 0 aliphatic carbocycles. The molecule has 1 spiro atoms. The zero-order chi connectivity index (χ0) is 17.7. The second-order valence-electron chi connectivity index (χ2n) is 6.42. The number of esters is 1. The highest BCUT2D eigenvalue weighted by atomic mass is 16.6. The summed E-state index contributed by atoms with van der Waals surface area (Å²) in [5.41, 5.74) is 2.96. The van der Waals surface area contributed by atoms with Gasteiger partial charge in [-0.05, 0) is 25.1 Å². The van der Waals surface area contributed by atoms with Crippen LogP contribution in [0.15, 0.2) is 66.7 Å². The molecule has 0 radical (unpaired) electrons. The van der Waals surface area contributed by atoms with Crippen LogP contribution in [0.5, 0.6) is 11.5 Å². The minimum absolute atomic E-state index is 0.317. The molecule has 3 aromatic rings. The van der Waals surface area contributed by atoms with Crippen LogP contribution in [-0.2, 0) is 10.3 Å². The van der Waals surface area contributed by atoms with E-state index in [1.54, 1.807) is 0 Å². The Morgan fingerprint density at radius 3 is 2.12 bits per heavy atom. The first-order valence-electron chi connectivity index (χ1n) is 8.73. The molecule has 0 amide bonds. The molecule has 5 rings (SSSR count). The van der Waals surface area contributed by atoms with Crippen LogP contribution in [0.25, 0.3) is 0 Å². The van der Waals surface area contributed by atoms with Crippen molar-refractivity contribution < 1.29 is 14.3 Å². The number of carbonyl (C=O) groups excluding carboxylic acids is 1. The first-order valence-corrected chi connectivity index (χ1v) is 8.73. The number of rotatable bonds is 2. The lowest BCUT2D eigenvalue weighted by Gasteiger charge is -2.36. The first kappa shape index (κ1) is 15.0. The van der Waals surface area contributed by atoms with Crippen molar-refractivity contribution in [2.24, 2.45) is 0 Å². The van der Waals surface area contributed by atoms with E-state index in [4.69, 9.17) is 9.47 Å². The Bertz CT molecular complexity index is 996. The summed E-state index contributed by atoms with van der Waals surface area (Å²) in [4.78, 5) is 13.0.